The maximum atomic E-state index is 5.84. The van der Waals surface area contributed by atoms with E-state index in [0.29, 0.717) is 0 Å². The van der Waals surface area contributed by atoms with Crippen LogP contribution in [0.4, 0.5) is 5.82 Å². The fraction of sp³-hybridized carbons (Fsp3) is 0.500. The normalized spacial score (nSPS) is 26.3. The molecule has 2 heterocycles. The smallest absolute Gasteiger partial charge is 0.180 e. The highest BCUT2D eigenvalue weighted by Gasteiger charge is 2.26. The number of nitrogens with one attached hydrogen (secondary N) is 1. The van der Waals surface area contributed by atoms with Gasteiger partial charge in [-0.05, 0) is 13.8 Å². The van der Waals surface area contributed by atoms with Crippen molar-refractivity contribution in [3.8, 4) is 0 Å². The summed E-state index contributed by atoms with van der Waals surface area (Å²) in [5.74, 6) is 0.0748. The molecule has 2 rings (SSSR count). The van der Waals surface area contributed by atoms with Crippen LogP contribution in [-0.4, -0.2) is 21.0 Å². The summed E-state index contributed by atoms with van der Waals surface area (Å²) in [6.07, 6.45) is 1.75. The van der Waals surface area contributed by atoms with Crippen LogP contribution in [0.15, 0.2) is 11.3 Å². The van der Waals surface area contributed by atoms with E-state index in [1.807, 2.05) is 25.5 Å². The SMILES string of the molecule is CC1=NC(C)(N)Nc2ncn(C)c21. The van der Waals surface area contributed by atoms with E-state index in [1.54, 1.807) is 6.33 Å². The Balaban J connectivity index is 2.57. The van der Waals surface area contributed by atoms with E-state index >= 15 is 0 Å². The average molecular weight is 179 g/mol. The first-order chi connectivity index (χ1) is 5.99. The topological polar surface area (TPSA) is 68.2 Å². The standard InChI is InChI=1S/C8H13N5/c1-5-6-7(10-4-13(6)3)12-8(2,9)11-5/h4,12H,9H2,1-3H3. The number of fused-ring (bicyclic) bond motifs is 1. The Morgan fingerprint density at radius 3 is 3.00 bits per heavy atom. The molecule has 0 amide bonds. The number of aromatic nitrogens is 2. The van der Waals surface area contributed by atoms with E-state index < -0.39 is 5.79 Å². The molecule has 1 aromatic rings. The number of rotatable bonds is 0. The summed E-state index contributed by atoms with van der Waals surface area (Å²) in [5.41, 5.74) is 7.76. The van der Waals surface area contributed by atoms with Gasteiger partial charge in [-0.15, -0.1) is 0 Å². The van der Waals surface area contributed by atoms with Crippen LogP contribution >= 0.6 is 0 Å². The summed E-state index contributed by atoms with van der Waals surface area (Å²) in [7, 11) is 1.94. The zero-order valence-corrected chi connectivity index (χ0v) is 8.00. The molecule has 5 heteroatoms. The Bertz CT molecular complexity index is 374. The molecule has 1 aliphatic rings. The van der Waals surface area contributed by atoms with E-state index in [9.17, 15) is 0 Å². The highest BCUT2D eigenvalue weighted by atomic mass is 15.3. The minimum atomic E-state index is -0.731. The number of anilines is 1. The molecule has 13 heavy (non-hydrogen) atoms. The lowest BCUT2D eigenvalue weighted by molar-refractivity contribution is 0.559. The van der Waals surface area contributed by atoms with Crippen molar-refractivity contribution in [3.05, 3.63) is 12.0 Å². The van der Waals surface area contributed by atoms with Crippen molar-refractivity contribution >= 4 is 11.5 Å². The molecular weight excluding hydrogens is 166 g/mol. The highest BCUT2D eigenvalue weighted by Crippen LogP contribution is 2.22. The first kappa shape index (κ1) is 8.25. The first-order valence-electron chi connectivity index (χ1n) is 4.15. The molecule has 0 saturated heterocycles. The molecule has 3 N–H and O–H groups in total. The molecule has 0 saturated carbocycles. The maximum Gasteiger partial charge on any atom is 0.180 e. The number of aliphatic imine (C=N–C) groups is 1. The van der Waals surface area contributed by atoms with E-state index in [4.69, 9.17) is 5.73 Å². The van der Waals surface area contributed by atoms with Gasteiger partial charge < -0.3 is 9.88 Å². The van der Waals surface area contributed by atoms with Gasteiger partial charge in [0.1, 0.15) is 5.69 Å². The summed E-state index contributed by atoms with van der Waals surface area (Å²) in [4.78, 5) is 8.50. The largest absolute Gasteiger partial charge is 0.332 e. The Kier molecular flexibility index (Phi) is 1.47. The second-order valence-corrected chi connectivity index (χ2v) is 3.52. The summed E-state index contributed by atoms with van der Waals surface area (Å²) in [6.45, 7) is 3.75. The summed E-state index contributed by atoms with van der Waals surface area (Å²) >= 11 is 0. The van der Waals surface area contributed by atoms with Crippen LogP contribution in [0, 0.1) is 0 Å². The third kappa shape index (κ3) is 1.21. The van der Waals surface area contributed by atoms with Gasteiger partial charge in [0.05, 0.1) is 12.0 Å². The second-order valence-electron chi connectivity index (χ2n) is 3.52. The van der Waals surface area contributed by atoms with E-state index in [0.717, 1.165) is 17.2 Å². The van der Waals surface area contributed by atoms with E-state index in [1.165, 1.54) is 0 Å². The Morgan fingerprint density at radius 1 is 1.62 bits per heavy atom. The van der Waals surface area contributed by atoms with Crippen molar-refractivity contribution < 1.29 is 0 Å². The van der Waals surface area contributed by atoms with Crippen molar-refractivity contribution in [2.75, 3.05) is 5.32 Å². The van der Waals surface area contributed by atoms with Gasteiger partial charge in [0, 0.05) is 7.05 Å². The van der Waals surface area contributed by atoms with Gasteiger partial charge in [-0.1, -0.05) is 0 Å². The Hall–Kier alpha value is -1.36. The highest BCUT2D eigenvalue weighted by molar-refractivity contribution is 6.03. The molecular formula is C8H13N5. The molecule has 1 aromatic heterocycles. The predicted octanol–water partition coefficient (Wildman–Crippen LogP) is 0.287. The molecule has 1 atom stereocenters. The van der Waals surface area contributed by atoms with Crippen LogP contribution in [0.25, 0.3) is 0 Å². The number of hydrogen-bond donors (Lipinski definition) is 2. The van der Waals surface area contributed by atoms with Crippen molar-refractivity contribution in [3.63, 3.8) is 0 Å². The van der Waals surface area contributed by atoms with Crippen LogP contribution in [0.5, 0.6) is 0 Å². The number of hydrogen-bond acceptors (Lipinski definition) is 4. The molecule has 0 fully saturated rings. The predicted molar refractivity (Wildman–Crippen MR) is 51.6 cm³/mol. The lowest BCUT2D eigenvalue weighted by Crippen LogP contribution is -2.46. The zero-order valence-electron chi connectivity index (χ0n) is 8.00. The van der Waals surface area contributed by atoms with E-state index in [-0.39, 0.29) is 0 Å². The minimum absolute atomic E-state index is 0.731. The fourth-order valence-corrected chi connectivity index (χ4v) is 1.62. The van der Waals surface area contributed by atoms with Crippen molar-refractivity contribution in [1.29, 1.82) is 0 Å². The number of imidazole rings is 1. The van der Waals surface area contributed by atoms with Gasteiger partial charge in [0.25, 0.3) is 0 Å². The molecule has 0 bridgehead atoms. The summed E-state index contributed by atoms with van der Waals surface area (Å²) in [6, 6.07) is 0. The number of nitrogens with two attached hydrogens (primary N) is 1. The van der Waals surface area contributed by atoms with Gasteiger partial charge in [0.2, 0.25) is 0 Å². The molecule has 5 nitrogen and oxygen atoms in total. The molecule has 0 spiro atoms. The van der Waals surface area contributed by atoms with Gasteiger partial charge in [-0.25, -0.2) is 9.98 Å². The van der Waals surface area contributed by atoms with Gasteiger partial charge >= 0.3 is 0 Å². The molecule has 70 valence electrons. The molecule has 1 unspecified atom stereocenters. The van der Waals surface area contributed by atoms with Crippen LogP contribution < -0.4 is 11.1 Å². The van der Waals surface area contributed by atoms with E-state index in [2.05, 4.69) is 15.3 Å². The van der Waals surface area contributed by atoms with Gasteiger partial charge in [-0.3, -0.25) is 5.73 Å². The Labute approximate surface area is 76.7 Å². The van der Waals surface area contributed by atoms with Gasteiger partial charge in [-0.2, -0.15) is 0 Å². The molecule has 0 aromatic carbocycles. The fourth-order valence-electron chi connectivity index (χ4n) is 1.62. The maximum absolute atomic E-state index is 5.84. The monoisotopic (exact) mass is 179 g/mol. The quantitative estimate of drug-likeness (QED) is 0.601. The van der Waals surface area contributed by atoms with Crippen molar-refractivity contribution in [2.24, 2.45) is 17.8 Å². The number of nitrogens with zero attached hydrogens (tertiary/aromatic N) is 3. The number of aryl methyl sites for hydroxylation is 1. The summed E-state index contributed by atoms with van der Waals surface area (Å²) in [5, 5.41) is 3.05. The molecule has 1 aliphatic heterocycles. The van der Waals surface area contributed by atoms with Gasteiger partial charge in [0.15, 0.2) is 11.6 Å². The van der Waals surface area contributed by atoms with Crippen LogP contribution in [0.1, 0.15) is 19.5 Å². The van der Waals surface area contributed by atoms with Crippen molar-refractivity contribution in [2.45, 2.75) is 19.6 Å². The zero-order chi connectivity index (χ0) is 9.64. The van der Waals surface area contributed by atoms with Crippen molar-refractivity contribution in [1.82, 2.24) is 9.55 Å². The Morgan fingerprint density at radius 2 is 2.31 bits per heavy atom. The van der Waals surface area contributed by atoms with Crippen LogP contribution in [0.3, 0.4) is 0 Å². The minimum Gasteiger partial charge on any atom is -0.332 e. The second kappa shape index (κ2) is 2.32. The van der Waals surface area contributed by atoms with Crippen LogP contribution in [-0.2, 0) is 7.05 Å². The molecule has 0 aliphatic carbocycles. The molecule has 0 radical (unpaired) electrons. The van der Waals surface area contributed by atoms with Crippen LogP contribution in [0.2, 0.25) is 0 Å². The third-order valence-corrected chi connectivity index (χ3v) is 2.05. The lowest BCUT2D eigenvalue weighted by atomic mass is 10.2. The average Bonchev–Trinajstić information content (AvgIpc) is 2.28. The lowest BCUT2D eigenvalue weighted by Gasteiger charge is -2.27. The summed E-state index contributed by atoms with van der Waals surface area (Å²) < 4.78 is 1.93. The first-order valence-corrected chi connectivity index (χ1v) is 4.15. The third-order valence-electron chi connectivity index (χ3n) is 2.05.